The first kappa shape index (κ1) is 18.8. The van der Waals surface area contributed by atoms with E-state index >= 15 is 0 Å². The predicted molar refractivity (Wildman–Crippen MR) is 109 cm³/mol. The second-order valence-electron chi connectivity index (χ2n) is 6.44. The molecule has 0 amide bonds. The van der Waals surface area contributed by atoms with Gasteiger partial charge in [-0.15, -0.1) is 5.10 Å². The number of hydrogen-bond donors (Lipinski definition) is 0. The van der Waals surface area contributed by atoms with Crippen LogP contribution in [0.5, 0.6) is 0 Å². The third-order valence-corrected chi connectivity index (χ3v) is 4.69. The first-order valence-corrected chi connectivity index (χ1v) is 9.31. The highest BCUT2D eigenvalue weighted by Crippen LogP contribution is 2.14. The second kappa shape index (κ2) is 8.24. The number of rotatable bonds is 6. The van der Waals surface area contributed by atoms with Crippen LogP contribution in [0.2, 0.25) is 5.02 Å². The lowest BCUT2D eigenvalue weighted by molar-refractivity contribution is 0.0474. The summed E-state index contributed by atoms with van der Waals surface area (Å²) < 4.78 is 6.93. The van der Waals surface area contributed by atoms with Crippen LogP contribution in [0.15, 0.2) is 72.8 Å². The number of hydrogen-bond acceptors (Lipinski definition) is 5. The molecule has 0 unspecified atom stereocenters. The Morgan fingerprint density at radius 1 is 0.897 bits per heavy atom. The van der Waals surface area contributed by atoms with Crippen molar-refractivity contribution in [3.63, 3.8) is 0 Å². The Bertz CT molecular complexity index is 1170. The van der Waals surface area contributed by atoms with Crippen molar-refractivity contribution in [2.45, 2.75) is 6.54 Å². The van der Waals surface area contributed by atoms with E-state index in [4.69, 9.17) is 16.3 Å². The minimum absolute atomic E-state index is 0.287. The number of ketones is 1. The molecule has 1 heterocycles. The summed E-state index contributed by atoms with van der Waals surface area (Å²) in [5.41, 5.74) is 3.56. The maximum atomic E-state index is 12.2. The molecule has 29 heavy (non-hydrogen) atoms. The van der Waals surface area contributed by atoms with E-state index in [1.807, 2.05) is 36.4 Å². The Balaban J connectivity index is 1.37. The van der Waals surface area contributed by atoms with Gasteiger partial charge in [-0.25, -0.2) is 9.48 Å². The van der Waals surface area contributed by atoms with Gasteiger partial charge in [-0.05, 0) is 54.1 Å². The van der Waals surface area contributed by atoms with Crippen molar-refractivity contribution in [2.75, 3.05) is 6.61 Å². The molecule has 0 aliphatic heterocycles. The van der Waals surface area contributed by atoms with Gasteiger partial charge in [-0.2, -0.15) is 0 Å². The van der Waals surface area contributed by atoms with Crippen molar-refractivity contribution < 1.29 is 14.3 Å². The average molecular weight is 406 g/mol. The van der Waals surface area contributed by atoms with Gasteiger partial charge in [0, 0.05) is 10.6 Å². The third kappa shape index (κ3) is 4.33. The third-order valence-electron chi connectivity index (χ3n) is 4.44. The Morgan fingerprint density at radius 2 is 1.59 bits per heavy atom. The van der Waals surface area contributed by atoms with E-state index in [1.165, 1.54) is 0 Å². The highest BCUT2D eigenvalue weighted by molar-refractivity contribution is 6.30. The highest BCUT2D eigenvalue weighted by atomic mass is 35.5. The maximum absolute atomic E-state index is 12.2. The van der Waals surface area contributed by atoms with Crippen LogP contribution in [-0.2, 0) is 11.3 Å². The summed E-state index contributed by atoms with van der Waals surface area (Å²) in [5.74, 6) is -0.838. The number of fused-ring (bicyclic) bond motifs is 1. The maximum Gasteiger partial charge on any atom is 0.338 e. The van der Waals surface area contributed by atoms with Crippen molar-refractivity contribution in [2.24, 2.45) is 0 Å². The number of esters is 1. The Hall–Kier alpha value is -3.51. The van der Waals surface area contributed by atoms with Gasteiger partial charge in [0.25, 0.3) is 0 Å². The van der Waals surface area contributed by atoms with E-state index in [9.17, 15) is 9.59 Å². The van der Waals surface area contributed by atoms with Crippen LogP contribution in [0.1, 0.15) is 26.3 Å². The molecule has 0 saturated heterocycles. The number of benzene rings is 3. The number of nitrogens with zero attached hydrogens (tertiary/aromatic N) is 3. The van der Waals surface area contributed by atoms with Crippen molar-refractivity contribution >= 4 is 34.4 Å². The van der Waals surface area contributed by atoms with Gasteiger partial charge in [0.1, 0.15) is 5.52 Å². The molecule has 0 radical (unpaired) electrons. The molecule has 0 aliphatic rings. The van der Waals surface area contributed by atoms with E-state index in [0.717, 1.165) is 16.6 Å². The zero-order chi connectivity index (χ0) is 20.2. The molecule has 0 bridgehead atoms. The SMILES string of the molecule is O=C(COC(=O)c1ccc(Cn2nnc3ccccc32)cc1)c1ccc(Cl)cc1. The van der Waals surface area contributed by atoms with Crippen LogP contribution in [-0.4, -0.2) is 33.4 Å². The number of halogens is 1. The van der Waals surface area contributed by atoms with Crippen LogP contribution >= 0.6 is 11.6 Å². The Morgan fingerprint density at radius 3 is 2.34 bits per heavy atom. The van der Waals surface area contributed by atoms with E-state index < -0.39 is 5.97 Å². The van der Waals surface area contributed by atoms with Crippen LogP contribution in [0.3, 0.4) is 0 Å². The van der Waals surface area contributed by atoms with Crippen molar-refractivity contribution in [1.29, 1.82) is 0 Å². The highest BCUT2D eigenvalue weighted by Gasteiger charge is 2.12. The second-order valence-corrected chi connectivity index (χ2v) is 6.88. The molecule has 3 aromatic carbocycles. The molecule has 0 spiro atoms. The quantitative estimate of drug-likeness (QED) is 0.355. The molecule has 0 fully saturated rings. The largest absolute Gasteiger partial charge is 0.454 e. The minimum atomic E-state index is -0.551. The minimum Gasteiger partial charge on any atom is -0.454 e. The molecule has 1 aromatic heterocycles. The van der Waals surface area contributed by atoms with Gasteiger partial charge in [-0.3, -0.25) is 4.79 Å². The van der Waals surface area contributed by atoms with Gasteiger partial charge in [0.05, 0.1) is 17.6 Å². The lowest BCUT2D eigenvalue weighted by Crippen LogP contribution is -2.14. The van der Waals surface area contributed by atoms with Gasteiger partial charge in [0.15, 0.2) is 12.4 Å². The summed E-state index contributed by atoms with van der Waals surface area (Å²) in [6, 6.07) is 21.1. The molecule has 0 N–H and O–H groups in total. The molecule has 0 saturated carbocycles. The fourth-order valence-electron chi connectivity index (χ4n) is 2.89. The van der Waals surface area contributed by atoms with Crippen LogP contribution in [0.25, 0.3) is 11.0 Å². The Labute approximate surface area is 171 Å². The number of ether oxygens (including phenoxy) is 1. The van der Waals surface area contributed by atoms with E-state index in [-0.39, 0.29) is 12.4 Å². The smallest absolute Gasteiger partial charge is 0.338 e. The molecule has 7 heteroatoms. The fourth-order valence-corrected chi connectivity index (χ4v) is 3.01. The number of aromatic nitrogens is 3. The van der Waals surface area contributed by atoms with Crippen LogP contribution in [0, 0.1) is 0 Å². The fraction of sp³-hybridized carbons (Fsp3) is 0.0909. The average Bonchev–Trinajstić information content (AvgIpc) is 3.16. The van der Waals surface area contributed by atoms with Crippen LogP contribution < -0.4 is 0 Å². The van der Waals surface area contributed by atoms with Gasteiger partial charge in [0.2, 0.25) is 0 Å². The molecule has 0 atom stereocenters. The molecule has 0 aliphatic carbocycles. The van der Waals surface area contributed by atoms with Crippen LogP contribution in [0.4, 0.5) is 0 Å². The predicted octanol–water partition coefficient (Wildman–Crippen LogP) is 4.17. The lowest BCUT2D eigenvalue weighted by Gasteiger charge is -2.06. The molecule has 4 aromatic rings. The first-order chi connectivity index (χ1) is 14.1. The number of para-hydroxylation sites is 1. The molecule has 144 valence electrons. The normalized spacial score (nSPS) is 10.8. The number of carbonyl (C=O) groups excluding carboxylic acids is 2. The Kier molecular flexibility index (Phi) is 5.35. The zero-order valence-electron chi connectivity index (χ0n) is 15.3. The molecule has 6 nitrogen and oxygen atoms in total. The zero-order valence-corrected chi connectivity index (χ0v) is 16.0. The number of carbonyl (C=O) groups is 2. The first-order valence-electron chi connectivity index (χ1n) is 8.93. The summed E-state index contributed by atoms with van der Waals surface area (Å²) in [6.45, 7) is 0.206. The van der Waals surface area contributed by atoms with E-state index in [1.54, 1.807) is 41.1 Å². The topological polar surface area (TPSA) is 74.1 Å². The van der Waals surface area contributed by atoms with E-state index in [2.05, 4.69) is 10.3 Å². The lowest BCUT2D eigenvalue weighted by atomic mass is 10.1. The monoisotopic (exact) mass is 405 g/mol. The van der Waals surface area contributed by atoms with Crippen molar-refractivity contribution in [1.82, 2.24) is 15.0 Å². The molecule has 4 rings (SSSR count). The summed E-state index contributed by atoms with van der Waals surface area (Å²) in [5, 5.41) is 8.83. The summed E-state index contributed by atoms with van der Waals surface area (Å²) >= 11 is 5.80. The van der Waals surface area contributed by atoms with Gasteiger partial charge in [-0.1, -0.05) is 41.1 Å². The standard InChI is InChI=1S/C22H16ClN3O3/c23-18-11-9-16(10-12-18)21(27)14-29-22(28)17-7-5-15(6-8-17)13-26-20-4-2-1-3-19(20)24-25-26/h1-12H,13-14H2. The van der Waals surface area contributed by atoms with Gasteiger partial charge >= 0.3 is 5.97 Å². The van der Waals surface area contributed by atoms with Crippen molar-refractivity contribution in [3.8, 4) is 0 Å². The number of Topliss-reactive ketones (excluding diaryl/α,β-unsaturated/α-hetero) is 1. The molecular formula is C22H16ClN3O3. The molecular weight excluding hydrogens is 390 g/mol. The van der Waals surface area contributed by atoms with E-state index in [0.29, 0.717) is 22.7 Å². The summed E-state index contributed by atoms with van der Waals surface area (Å²) in [7, 11) is 0. The van der Waals surface area contributed by atoms with Gasteiger partial charge < -0.3 is 4.74 Å². The summed E-state index contributed by atoms with van der Waals surface area (Å²) in [6.07, 6.45) is 0. The summed E-state index contributed by atoms with van der Waals surface area (Å²) in [4.78, 5) is 24.3. The van der Waals surface area contributed by atoms with Crippen molar-refractivity contribution in [3.05, 3.63) is 94.5 Å².